The molecular weight excluding hydrogens is 455 g/mol. The molecule has 2 aliphatic heterocycles. The van der Waals surface area contributed by atoms with E-state index < -0.39 is 0 Å². The van der Waals surface area contributed by atoms with Gasteiger partial charge in [0.05, 0.1) is 18.5 Å². The van der Waals surface area contributed by atoms with Gasteiger partial charge >= 0.3 is 0 Å². The molecule has 0 bridgehead atoms. The zero-order valence-corrected chi connectivity index (χ0v) is 20.8. The van der Waals surface area contributed by atoms with Crippen molar-refractivity contribution in [2.45, 2.75) is 6.54 Å². The molecule has 0 unspecified atom stereocenters. The van der Waals surface area contributed by atoms with Crippen molar-refractivity contribution in [3.05, 3.63) is 89.7 Å². The second-order valence-electron chi connectivity index (χ2n) is 9.36. The Bertz CT molecular complexity index is 1170. The smallest absolute Gasteiger partial charge is 0.253 e. The first-order chi connectivity index (χ1) is 17.6. The SMILES string of the molecule is COc1ccccc1N1CCN(Cc2ccc(C(=O)N3CCN(c4ccccc4F)CC3)cc2)CC1. The summed E-state index contributed by atoms with van der Waals surface area (Å²) in [5, 5.41) is 0. The van der Waals surface area contributed by atoms with E-state index in [1.54, 1.807) is 19.2 Å². The van der Waals surface area contributed by atoms with E-state index in [4.69, 9.17) is 4.74 Å². The summed E-state index contributed by atoms with van der Waals surface area (Å²) in [6.45, 7) is 7.17. The minimum atomic E-state index is -0.214. The molecule has 0 spiro atoms. The molecule has 2 fully saturated rings. The van der Waals surface area contributed by atoms with E-state index in [9.17, 15) is 9.18 Å². The topological polar surface area (TPSA) is 39.3 Å². The molecule has 5 rings (SSSR count). The van der Waals surface area contributed by atoms with E-state index in [-0.39, 0.29) is 11.7 Å². The Balaban J connectivity index is 1.12. The molecule has 0 aliphatic carbocycles. The van der Waals surface area contributed by atoms with Gasteiger partial charge in [-0.2, -0.15) is 0 Å². The van der Waals surface area contributed by atoms with Crippen LogP contribution in [0, 0.1) is 5.82 Å². The van der Waals surface area contributed by atoms with Crippen LogP contribution in [-0.4, -0.2) is 75.2 Å². The van der Waals surface area contributed by atoms with E-state index in [0.717, 1.165) is 44.2 Å². The quantitative estimate of drug-likeness (QED) is 0.522. The minimum absolute atomic E-state index is 0.0418. The number of carbonyl (C=O) groups is 1. The highest BCUT2D eigenvalue weighted by Gasteiger charge is 2.24. The molecule has 188 valence electrons. The van der Waals surface area contributed by atoms with Gasteiger partial charge in [0.25, 0.3) is 5.91 Å². The average Bonchev–Trinajstić information content (AvgIpc) is 2.94. The highest BCUT2D eigenvalue weighted by molar-refractivity contribution is 5.94. The van der Waals surface area contributed by atoms with Crippen LogP contribution in [-0.2, 0) is 6.54 Å². The van der Waals surface area contributed by atoms with Crippen molar-refractivity contribution >= 4 is 17.3 Å². The number of nitrogens with zero attached hydrogens (tertiary/aromatic N) is 4. The minimum Gasteiger partial charge on any atom is -0.495 e. The number of carbonyl (C=O) groups excluding carboxylic acids is 1. The van der Waals surface area contributed by atoms with Crippen molar-refractivity contribution in [2.75, 3.05) is 69.3 Å². The lowest BCUT2D eigenvalue weighted by atomic mass is 10.1. The number of para-hydroxylation sites is 3. The monoisotopic (exact) mass is 488 g/mol. The number of rotatable bonds is 6. The van der Waals surface area contributed by atoms with Gasteiger partial charge in [0.1, 0.15) is 11.6 Å². The lowest BCUT2D eigenvalue weighted by molar-refractivity contribution is 0.0746. The lowest BCUT2D eigenvalue weighted by Gasteiger charge is -2.37. The van der Waals surface area contributed by atoms with Crippen LogP contribution >= 0.6 is 0 Å². The van der Waals surface area contributed by atoms with Crippen LogP contribution in [0.3, 0.4) is 0 Å². The molecule has 0 aromatic heterocycles. The van der Waals surface area contributed by atoms with Crippen LogP contribution in [0.25, 0.3) is 0 Å². The largest absolute Gasteiger partial charge is 0.495 e. The number of halogens is 1. The van der Waals surface area contributed by atoms with Gasteiger partial charge < -0.3 is 19.4 Å². The lowest BCUT2D eigenvalue weighted by Crippen LogP contribution is -2.49. The number of hydrogen-bond donors (Lipinski definition) is 0. The summed E-state index contributed by atoms with van der Waals surface area (Å²) in [6, 6.07) is 23.0. The number of anilines is 2. The summed E-state index contributed by atoms with van der Waals surface area (Å²) in [6.07, 6.45) is 0. The first kappa shape index (κ1) is 24.1. The first-order valence-corrected chi connectivity index (χ1v) is 12.6. The normalized spacial score (nSPS) is 16.8. The third kappa shape index (κ3) is 5.31. The van der Waals surface area contributed by atoms with E-state index in [1.807, 2.05) is 40.1 Å². The molecule has 36 heavy (non-hydrogen) atoms. The number of benzene rings is 3. The van der Waals surface area contributed by atoms with Crippen LogP contribution in [0.15, 0.2) is 72.8 Å². The van der Waals surface area contributed by atoms with Crippen LogP contribution in [0.2, 0.25) is 0 Å². The molecule has 6 nitrogen and oxygen atoms in total. The summed E-state index contributed by atoms with van der Waals surface area (Å²) < 4.78 is 19.6. The van der Waals surface area contributed by atoms with Crippen molar-refractivity contribution in [1.82, 2.24) is 9.80 Å². The van der Waals surface area contributed by atoms with Gasteiger partial charge in [-0.25, -0.2) is 4.39 Å². The average molecular weight is 489 g/mol. The molecule has 0 atom stereocenters. The zero-order valence-electron chi connectivity index (χ0n) is 20.8. The molecular formula is C29H33FN4O2. The van der Waals surface area contributed by atoms with Crippen molar-refractivity contribution in [3.63, 3.8) is 0 Å². The maximum absolute atomic E-state index is 14.1. The molecule has 3 aromatic rings. The Kier molecular flexibility index (Phi) is 7.37. The molecule has 1 amide bonds. The van der Waals surface area contributed by atoms with E-state index >= 15 is 0 Å². The molecule has 7 heteroatoms. The summed E-state index contributed by atoms with van der Waals surface area (Å²) in [7, 11) is 1.72. The Hall–Kier alpha value is -3.58. The summed E-state index contributed by atoms with van der Waals surface area (Å²) in [5.41, 5.74) is 3.68. The Morgan fingerprint density at radius 2 is 1.33 bits per heavy atom. The molecule has 0 N–H and O–H groups in total. The zero-order chi connectivity index (χ0) is 24.9. The van der Waals surface area contributed by atoms with Crippen molar-refractivity contribution < 1.29 is 13.9 Å². The van der Waals surface area contributed by atoms with Gasteiger partial charge in [0, 0.05) is 64.5 Å². The summed E-state index contributed by atoms with van der Waals surface area (Å²) >= 11 is 0. The fourth-order valence-corrected chi connectivity index (χ4v) is 5.09. The first-order valence-electron chi connectivity index (χ1n) is 12.6. The van der Waals surface area contributed by atoms with Gasteiger partial charge in [-0.1, -0.05) is 36.4 Å². The highest BCUT2D eigenvalue weighted by atomic mass is 19.1. The number of hydrogen-bond acceptors (Lipinski definition) is 5. The summed E-state index contributed by atoms with van der Waals surface area (Å²) in [5.74, 6) is 0.745. The van der Waals surface area contributed by atoms with Crippen molar-refractivity contribution in [3.8, 4) is 5.75 Å². The summed E-state index contributed by atoms with van der Waals surface area (Å²) in [4.78, 5) is 21.7. The number of methoxy groups -OCH3 is 1. The molecule has 2 heterocycles. The van der Waals surface area contributed by atoms with Gasteiger partial charge in [0.15, 0.2) is 0 Å². The van der Waals surface area contributed by atoms with E-state index in [2.05, 4.69) is 34.1 Å². The van der Waals surface area contributed by atoms with Crippen LogP contribution in [0.5, 0.6) is 5.75 Å². The van der Waals surface area contributed by atoms with Crippen LogP contribution < -0.4 is 14.5 Å². The maximum atomic E-state index is 14.1. The van der Waals surface area contributed by atoms with Crippen molar-refractivity contribution in [2.24, 2.45) is 0 Å². The number of amides is 1. The van der Waals surface area contributed by atoms with Crippen LogP contribution in [0.4, 0.5) is 15.8 Å². The van der Waals surface area contributed by atoms with Crippen molar-refractivity contribution in [1.29, 1.82) is 0 Å². The fraction of sp³-hybridized carbons (Fsp3) is 0.345. The van der Waals surface area contributed by atoms with Gasteiger partial charge in [-0.15, -0.1) is 0 Å². The Labute approximate surface area is 212 Å². The van der Waals surface area contributed by atoms with E-state index in [0.29, 0.717) is 37.4 Å². The third-order valence-electron chi connectivity index (χ3n) is 7.17. The third-order valence-corrected chi connectivity index (χ3v) is 7.17. The standard InChI is InChI=1S/C29H33FN4O2/c1-36-28-9-5-4-8-27(28)33-16-14-31(15-17-33)22-23-10-12-24(13-11-23)29(35)34-20-18-32(19-21-34)26-7-3-2-6-25(26)30/h2-13H,14-22H2,1H3. The number of piperazine rings is 2. The Morgan fingerprint density at radius 1 is 0.750 bits per heavy atom. The van der Waals surface area contributed by atoms with Gasteiger partial charge in [-0.3, -0.25) is 9.69 Å². The molecule has 0 saturated carbocycles. The second-order valence-corrected chi connectivity index (χ2v) is 9.36. The van der Waals surface area contributed by atoms with Gasteiger partial charge in [-0.05, 0) is 42.0 Å². The second kappa shape index (κ2) is 11.0. The molecule has 2 aliphatic rings. The van der Waals surface area contributed by atoms with Crippen LogP contribution in [0.1, 0.15) is 15.9 Å². The molecule has 0 radical (unpaired) electrons. The predicted molar refractivity (Wildman–Crippen MR) is 141 cm³/mol. The predicted octanol–water partition coefficient (Wildman–Crippen LogP) is 4.12. The van der Waals surface area contributed by atoms with Gasteiger partial charge in [0.2, 0.25) is 0 Å². The fourth-order valence-electron chi connectivity index (χ4n) is 5.09. The molecule has 2 saturated heterocycles. The molecule has 3 aromatic carbocycles. The Morgan fingerprint density at radius 3 is 2.00 bits per heavy atom. The van der Waals surface area contributed by atoms with E-state index in [1.165, 1.54) is 11.6 Å². The highest BCUT2D eigenvalue weighted by Crippen LogP contribution is 2.28. The number of ether oxygens (including phenoxy) is 1. The maximum Gasteiger partial charge on any atom is 0.253 e.